The number of phenols is 1. The lowest BCUT2D eigenvalue weighted by Gasteiger charge is -2.16. The summed E-state index contributed by atoms with van der Waals surface area (Å²) in [6.45, 7) is 6.45. The zero-order chi connectivity index (χ0) is 18.7. The van der Waals surface area contributed by atoms with Gasteiger partial charge in [0.15, 0.2) is 0 Å². The van der Waals surface area contributed by atoms with Gasteiger partial charge < -0.3 is 21.3 Å². The van der Waals surface area contributed by atoms with E-state index in [1.54, 1.807) is 17.6 Å². The highest BCUT2D eigenvalue weighted by Crippen LogP contribution is 2.39. The van der Waals surface area contributed by atoms with Crippen LogP contribution in [0.4, 0.5) is 5.82 Å². The quantitative estimate of drug-likeness (QED) is 0.655. The molecule has 0 spiro atoms. The third kappa shape index (κ3) is 2.10. The summed E-state index contributed by atoms with van der Waals surface area (Å²) in [5, 5.41) is 11.0. The van der Waals surface area contributed by atoms with Crippen LogP contribution in [0.1, 0.15) is 38.3 Å². The SMILES string of the molecule is Cc1cc2c(C(N)=O)c(N)n(-c3c(C)c(O)cc4c3COC4)c2nc1C. The van der Waals surface area contributed by atoms with Gasteiger partial charge in [0.05, 0.1) is 24.5 Å². The summed E-state index contributed by atoms with van der Waals surface area (Å²) in [6, 6.07) is 3.58. The molecule has 1 aliphatic rings. The van der Waals surface area contributed by atoms with Crippen LogP contribution in [0, 0.1) is 20.8 Å². The van der Waals surface area contributed by atoms with Crippen molar-refractivity contribution in [1.29, 1.82) is 0 Å². The molecule has 2 aromatic heterocycles. The molecule has 5 N–H and O–H groups in total. The molecule has 0 unspecified atom stereocenters. The minimum atomic E-state index is -0.609. The number of carbonyl (C=O) groups excluding carboxylic acids is 1. The number of nitrogens with two attached hydrogens (primary N) is 2. The van der Waals surface area contributed by atoms with Crippen LogP contribution < -0.4 is 11.5 Å². The molecule has 3 heterocycles. The van der Waals surface area contributed by atoms with E-state index < -0.39 is 5.91 Å². The Labute approximate surface area is 150 Å². The third-order valence-electron chi connectivity index (χ3n) is 5.12. The highest BCUT2D eigenvalue weighted by molar-refractivity contribution is 6.11. The summed E-state index contributed by atoms with van der Waals surface area (Å²) in [7, 11) is 0. The lowest BCUT2D eigenvalue weighted by molar-refractivity contribution is 0.100. The lowest BCUT2D eigenvalue weighted by Crippen LogP contribution is -2.14. The summed E-state index contributed by atoms with van der Waals surface area (Å²) in [6.07, 6.45) is 0. The highest BCUT2D eigenvalue weighted by Gasteiger charge is 2.27. The van der Waals surface area contributed by atoms with Crippen LogP contribution in [-0.2, 0) is 18.0 Å². The highest BCUT2D eigenvalue weighted by atomic mass is 16.5. The van der Waals surface area contributed by atoms with Crippen molar-refractivity contribution in [1.82, 2.24) is 9.55 Å². The molecule has 0 saturated carbocycles. The monoisotopic (exact) mass is 352 g/mol. The van der Waals surface area contributed by atoms with Crippen LogP contribution in [0.25, 0.3) is 16.7 Å². The van der Waals surface area contributed by atoms with E-state index in [1.807, 2.05) is 19.9 Å². The number of rotatable bonds is 2. The van der Waals surface area contributed by atoms with Crippen molar-refractivity contribution in [3.63, 3.8) is 0 Å². The van der Waals surface area contributed by atoms with Crippen molar-refractivity contribution >= 4 is 22.8 Å². The fourth-order valence-corrected chi connectivity index (χ4v) is 3.61. The average molecular weight is 352 g/mol. The average Bonchev–Trinajstić information content (AvgIpc) is 3.12. The van der Waals surface area contributed by atoms with Crippen molar-refractivity contribution in [2.75, 3.05) is 5.73 Å². The van der Waals surface area contributed by atoms with E-state index in [2.05, 4.69) is 4.98 Å². The van der Waals surface area contributed by atoms with E-state index in [4.69, 9.17) is 16.2 Å². The molecule has 7 heteroatoms. The number of pyridine rings is 1. The molecule has 4 rings (SSSR count). The summed E-state index contributed by atoms with van der Waals surface area (Å²) < 4.78 is 7.27. The van der Waals surface area contributed by atoms with E-state index in [1.165, 1.54) is 0 Å². The van der Waals surface area contributed by atoms with Crippen LogP contribution in [0.15, 0.2) is 12.1 Å². The number of aryl methyl sites for hydroxylation is 2. The molecular formula is C19H20N4O3. The van der Waals surface area contributed by atoms with E-state index in [0.29, 0.717) is 35.5 Å². The van der Waals surface area contributed by atoms with Crippen molar-refractivity contribution in [2.45, 2.75) is 34.0 Å². The first kappa shape index (κ1) is 16.4. The number of benzene rings is 1. The number of aromatic nitrogens is 2. The van der Waals surface area contributed by atoms with E-state index in [9.17, 15) is 9.90 Å². The van der Waals surface area contributed by atoms with Gasteiger partial charge in [0.1, 0.15) is 17.2 Å². The number of primary amides is 1. The molecule has 0 aliphatic carbocycles. The van der Waals surface area contributed by atoms with E-state index in [0.717, 1.165) is 22.4 Å². The normalized spacial score (nSPS) is 13.3. The van der Waals surface area contributed by atoms with Crippen LogP contribution in [0.2, 0.25) is 0 Å². The van der Waals surface area contributed by atoms with Crippen molar-refractivity contribution in [3.05, 3.63) is 45.6 Å². The van der Waals surface area contributed by atoms with Crippen molar-refractivity contribution < 1.29 is 14.6 Å². The molecular weight excluding hydrogens is 332 g/mol. The number of ether oxygens (including phenoxy) is 1. The number of carbonyl (C=O) groups is 1. The molecule has 0 saturated heterocycles. The predicted octanol–water partition coefficient (Wildman–Crippen LogP) is 2.37. The Morgan fingerprint density at radius 1 is 1.27 bits per heavy atom. The largest absolute Gasteiger partial charge is 0.508 e. The predicted molar refractivity (Wildman–Crippen MR) is 98.4 cm³/mol. The molecule has 0 bridgehead atoms. The number of aromatic hydroxyl groups is 1. The van der Waals surface area contributed by atoms with Gasteiger partial charge in [-0.1, -0.05) is 0 Å². The van der Waals surface area contributed by atoms with Crippen molar-refractivity contribution in [2.24, 2.45) is 5.73 Å². The van der Waals surface area contributed by atoms with Gasteiger partial charge in [-0.25, -0.2) is 4.98 Å². The van der Waals surface area contributed by atoms with Crippen LogP contribution >= 0.6 is 0 Å². The van der Waals surface area contributed by atoms with Gasteiger partial charge in [-0.05, 0) is 44.0 Å². The van der Waals surface area contributed by atoms with Gasteiger partial charge in [0.25, 0.3) is 5.91 Å². The Kier molecular flexibility index (Phi) is 3.45. The molecule has 26 heavy (non-hydrogen) atoms. The molecule has 7 nitrogen and oxygen atoms in total. The minimum Gasteiger partial charge on any atom is -0.508 e. The van der Waals surface area contributed by atoms with E-state index >= 15 is 0 Å². The van der Waals surface area contributed by atoms with Gasteiger partial charge in [0, 0.05) is 22.2 Å². The maximum Gasteiger partial charge on any atom is 0.253 e. The molecule has 134 valence electrons. The number of anilines is 1. The molecule has 1 aliphatic heterocycles. The second-order valence-electron chi connectivity index (χ2n) is 6.72. The van der Waals surface area contributed by atoms with Gasteiger partial charge >= 0.3 is 0 Å². The standard InChI is InChI=1S/C19H20N4O3/c1-8-4-12-15(18(21)25)17(20)23(19(12)22-10(8)3)16-9(2)14(24)5-11-6-26-7-13(11)16/h4-5,24H,6-7,20H2,1-3H3,(H2,21,25). The summed E-state index contributed by atoms with van der Waals surface area (Å²) in [5.41, 5.74) is 17.7. The molecule has 1 aromatic carbocycles. The second kappa shape index (κ2) is 5.47. The molecule has 3 aromatic rings. The summed E-state index contributed by atoms with van der Waals surface area (Å²) in [5.74, 6) is -0.246. The maximum absolute atomic E-state index is 12.1. The van der Waals surface area contributed by atoms with Crippen LogP contribution in [0.3, 0.4) is 0 Å². The number of amides is 1. The second-order valence-corrected chi connectivity index (χ2v) is 6.72. The number of phenolic OH excluding ortho intramolecular Hbond substituents is 1. The summed E-state index contributed by atoms with van der Waals surface area (Å²) in [4.78, 5) is 16.8. The zero-order valence-corrected chi connectivity index (χ0v) is 14.9. The first-order valence-electron chi connectivity index (χ1n) is 8.31. The fourth-order valence-electron chi connectivity index (χ4n) is 3.61. The van der Waals surface area contributed by atoms with E-state index in [-0.39, 0.29) is 17.1 Å². The maximum atomic E-state index is 12.1. The minimum absolute atomic E-state index is 0.148. The number of hydrogen-bond acceptors (Lipinski definition) is 5. The first-order chi connectivity index (χ1) is 12.3. The number of hydrogen-bond donors (Lipinski definition) is 3. The van der Waals surface area contributed by atoms with Crippen LogP contribution in [-0.4, -0.2) is 20.6 Å². The topological polar surface area (TPSA) is 116 Å². The van der Waals surface area contributed by atoms with Gasteiger partial charge in [-0.2, -0.15) is 0 Å². The third-order valence-corrected chi connectivity index (χ3v) is 5.12. The summed E-state index contributed by atoms with van der Waals surface area (Å²) >= 11 is 0. The lowest BCUT2D eigenvalue weighted by atomic mass is 10.0. The number of nitrogen functional groups attached to an aromatic ring is 1. The Hall–Kier alpha value is -3.06. The molecule has 0 fully saturated rings. The molecule has 0 atom stereocenters. The van der Waals surface area contributed by atoms with Crippen molar-refractivity contribution in [3.8, 4) is 11.4 Å². The Balaban J connectivity index is 2.20. The number of fused-ring (bicyclic) bond motifs is 2. The number of nitrogens with zero attached hydrogens (tertiary/aromatic N) is 2. The van der Waals surface area contributed by atoms with Crippen LogP contribution in [0.5, 0.6) is 5.75 Å². The molecule has 0 radical (unpaired) electrons. The first-order valence-corrected chi connectivity index (χ1v) is 8.31. The molecule has 1 amide bonds. The Morgan fingerprint density at radius 2 is 2.00 bits per heavy atom. The van der Waals surface area contributed by atoms with Gasteiger partial charge in [-0.15, -0.1) is 0 Å². The smallest absolute Gasteiger partial charge is 0.253 e. The van der Waals surface area contributed by atoms with Gasteiger partial charge in [-0.3, -0.25) is 9.36 Å². The Morgan fingerprint density at radius 3 is 2.69 bits per heavy atom. The Bertz CT molecular complexity index is 1100. The zero-order valence-electron chi connectivity index (χ0n) is 14.9. The van der Waals surface area contributed by atoms with Gasteiger partial charge in [0.2, 0.25) is 0 Å². The fraction of sp³-hybridized carbons (Fsp3) is 0.263.